The average molecular weight is 1150 g/mol. The van der Waals surface area contributed by atoms with Gasteiger partial charge in [0.1, 0.15) is 13.2 Å². The van der Waals surface area contributed by atoms with Gasteiger partial charge < -0.3 is 14.2 Å². The van der Waals surface area contributed by atoms with Crippen molar-refractivity contribution in [2.75, 3.05) is 13.2 Å². The Morgan fingerprint density at radius 3 is 0.747 bits per heavy atom. The molecule has 0 aliphatic carbocycles. The highest BCUT2D eigenvalue weighted by atomic mass is 16.6. The fraction of sp³-hybridized carbons (Fsp3) is 0.675. The van der Waals surface area contributed by atoms with E-state index in [1.54, 1.807) is 0 Å². The van der Waals surface area contributed by atoms with E-state index < -0.39 is 6.10 Å². The number of carbonyl (C=O) groups excluding carboxylic acids is 3. The van der Waals surface area contributed by atoms with Gasteiger partial charge in [-0.25, -0.2) is 0 Å². The molecule has 0 heterocycles. The standard InChI is InChI=1S/C77H128O6/c1-4-7-10-13-16-19-22-25-28-30-32-34-36-37-38-39-41-42-44-46-49-52-55-58-61-64-67-70-76(79)82-73-74(72-81-75(78)69-66-63-60-57-54-51-48-27-24-21-18-15-12-9-6-3)83-77(80)71-68-65-62-59-56-53-50-47-45-43-40-35-33-31-29-26-23-20-17-14-11-8-5-2/h7-8,10-11,16-17,19-20,25-29,32-35,37-38,43,45,48,74H,4-6,9,12-15,18,21-24,30-31,36,39-42,44,46-47,49-73H2,1-3H3/b10-7-,11-8-,19-16-,20-17-,28-25-,29-26-,34-32-,35-33-,38-37-,45-43-,48-27-. The van der Waals surface area contributed by atoms with Crippen LogP contribution in [0, 0.1) is 0 Å². The number of carbonyl (C=O) groups is 3. The normalized spacial score (nSPS) is 13.0. The first-order valence-electron chi connectivity index (χ1n) is 34.7. The second-order valence-corrected chi connectivity index (χ2v) is 22.7. The molecule has 6 heteroatoms. The van der Waals surface area contributed by atoms with Crippen LogP contribution in [0.25, 0.3) is 0 Å². The molecule has 0 rings (SSSR count). The maximum atomic E-state index is 13.0. The van der Waals surface area contributed by atoms with E-state index in [1.807, 2.05) is 0 Å². The molecule has 0 amide bonds. The van der Waals surface area contributed by atoms with Crippen molar-refractivity contribution in [1.82, 2.24) is 0 Å². The SMILES string of the molecule is CC/C=C\C/C=C\C/C=C\C/C=C\C/C=C\CCCCCCCCCCCCCC(=O)OCC(COC(=O)CCCCCCC/C=C\CCCCCCCC)OC(=O)CCCCCCCCC/C=C\C/C=C\C/C=C\C/C=C\C/C=C\CC. The van der Waals surface area contributed by atoms with E-state index in [4.69, 9.17) is 14.2 Å². The van der Waals surface area contributed by atoms with Gasteiger partial charge in [0.15, 0.2) is 6.10 Å². The summed E-state index contributed by atoms with van der Waals surface area (Å²) in [6.07, 6.45) is 98.9. The third kappa shape index (κ3) is 68.2. The van der Waals surface area contributed by atoms with Crippen molar-refractivity contribution >= 4 is 17.9 Å². The minimum atomic E-state index is -0.795. The third-order valence-corrected chi connectivity index (χ3v) is 14.6. The molecule has 0 saturated carbocycles. The Morgan fingerprint density at radius 2 is 0.470 bits per heavy atom. The minimum absolute atomic E-state index is 0.0890. The zero-order valence-electron chi connectivity index (χ0n) is 54.2. The molecule has 6 nitrogen and oxygen atoms in total. The van der Waals surface area contributed by atoms with Crippen molar-refractivity contribution in [3.63, 3.8) is 0 Å². The molecule has 0 aliphatic heterocycles. The lowest BCUT2D eigenvalue weighted by atomic mass is 10.0. The molecule has 0 aromatic heterocycles. The zero-order valence-corrected chi connectivity index (χ0v) is 54.2. The minimum Gasteiger partial charge on any atom is -0.462 e. The summed E-state index contributed by atoms with van der Waals surface area (Å²) in [4.78, 5) is 38.5. The van der Waals surface area contributed by atoms with Gasteiger partial charge in [-0.15, -0.1) is 0 Å². The van der Waals surface area contributed by atoms with Crippen LogP contribution in [0.2, 0.25) is 0 Å². The first-order valence-corrected chi connectivity index (χ1v) is 34.7. The highest BCUT2D eigenvalue weighted by molar-refractivity contribution is 5.71. The summed E-state index contributed by atoms with van der Waals surface area (Å²) >= 11 is 0. The summed E-state index contributed by atoms with van der Waals surface area (Å²) in [6.45, 7) is 6.41. The van der Waals surface area contributed by atoms with Crippen molar-refractivity contribution in [3.05, 3.63) is 134 Å². The molecule has 0 radical (unpaired) electrons. The lowest BCUT2D eigenvalue weighted by Gasteiger charge is -2.18. The van der Waals surface area contributed by atoms with Gasteiger partial charge >= 0.3 is 17.9 Å². The Labute approximate surface area is 513 Å². The van der Waals surface area contributed by atoms with E-state index in [1.165, 1.54) is 141 Å². The Morgan fingerprint density at radius 1 is 0.253 bits per heavy atom. The fourth-order valence-corrected chi connectivity index (χ4v) is 9.49. The summed E-state index contributed by atoms with van der Waals surface area (Å²) < 4.78 is 17.0. The van der Waals surface area contributed by atoms with Crippen LogP contribution in [0.15, 0.2) is 134 Å². The number of esters is 3. The fourth-order valence-electron chi connectivity index (χ4n) is 9.49. The molecule has 0 saturated heterocycles. The van der Waals surface area contributed by atoms with Crippen molar-refractivity contribution in [2.24, 2.45) is 0 Å². The molecule has 0 aromatic carbocycles. The molecule has 0 aliphatic rings. The van der Waals surface area contributed by atoms with Crippen LogP contribution in [0.3, 0.4) is 0 Å². The number of rotatable bonds is 62. The number of allylic oxidation sites excluding steroid dienone is 22. The molecule has 472 valence electrons. The summed E-state index contributed by atoms with van der Waals surface area (Å²) in [5, 5.41) is 0. The van der Waals surface area contributed by atoms with Crippen LogP contribution in [-0.4, -0.2) is 37.2 Å². The van der Waals surface area contributed by atoms with E-state index >= 15 is 0 Å². The third-order valence-electron chi connectivity index (χ3n) is 14.6. The number of unbranched alkanes of at least 4 members (excludes halogenated alkanes) is 29. The van der Waals surface area contributed by atoms with Gasteiger partial charge in [-0.2, -0.15) is 0 Å². The van der Waals surface area contributed by atoms with Crippen LogP contribution in [0.1, 0.15) is 316 Å². The smallest absolute Gasteiger partial charge is 0.306 e. The molecule has 0 aromatic rings. The molecule has 0 spiro atoms. The van der Waals surface area contributed by atoms with Crippen LogP contribution in [0.5, 0.6) is 0 Å². The molecular formula is C77H128O6. The van der Waals surface area contributed by atoms with E-state index in [2.05, 4.69) is 154 Å². The highest BCUT2D eigenvalue weighted by Crippen LogP contribution is 2.16. The van der Waals surface area contributed by atoms with E-state index in [9.17, 15) is 14.4 Å². The lowest BCUT2D eigenvalue weighted by molar-refractivity contribution is -0.167. The summed E-state index contributed by atoms with van der Waals surface area (Å²) in [5.74, 6) is -0.903. The largest absolute Gasteiger partial charge is 0.462 e. The first kappa shape index (κ1) is 78.5. The summed E-state index contributed by atoms with van der Waals surface area (Å²) in [7, 11) is 0. The van der Waals surface area contributed by atoms with Gasteiger partial charge in [0, 0.05) is 19.3 Å². The summed E-state index contributed by atoms with van der Waals surface area (Å²) in [6, 6.07) is 0. The highest BCUT2D eigenvalue weighted by Gasteiger charge is 2.19. The quantitative estimate of drug-likeness (QED) is 0.0261. The van der Waals surface area contributed by atoms with Crippen molar-refractivity contribution in [1.29, 1.82) is 0 Å². The van der Waals surface area contributed by atoms with Crippen LogP contribution in [-0.2, 0) is 28.6 Å². The van der Waals surface area contributed by atoms with Crippen LogP contribution < -0.4 is 0 Å². The van der Waals surface area contributed by atoms with Gasteiger partial charge in [0.05, 0.1) is 0 Å². The zero-order chi connectivity index (χ0) is 59.9. The second kappa shape index (κ2) is 70.0. The maximum absolute atomic E-state index is 13.0. The lowest BCUT2D eigenvalue weighted by Crippen LogP contribution is -2.30. The van der Waals surface area contributed by atoms with E-state index in [-0.39, 0.29) is 31.1 Å². The molecular weight excluding hydrogens is 1020 g/mol. The second-order valence-electron chi connectivity index (χ2n) is 22.7. The maximum Gasteiger partial charge on any atom is 0.306 e. The van der Waals surface area contributed by atoms with Gasteiger partial charge in [0.25, 0.3) is 0 Å². The monoisotopic (exact) mass is 1150 g/mol. The van der Waals surface area contributed by atoms with Crippen LogP contribution in [0.4, 0.5) is 0 Å². The van der Waals surface area contributed by atoms with Gasteiger partial charge in [-0.1, -0.05) is 296 Å². The van der Waals surface area contributed by atoms with Crippen molar-refractivity contribution in [3.8, 4) is 0 Å². The van der Waals surface area contributed by atoms with Crippen molar-refractivity contribution < 1.29 is 28.6 Å². The van der Waals surface area contributed by atoms with Crippen molar-refractivity contribution in [2.45, 2.75) is 322 Å². The molecule has 83 heavy (non-hydrogen) atoms. The summed E-state index contributed by atoms with van der Waals surface area (Å²) in [5.41, 5.74) is 0. The molecule has 0 bridgehead atoms. The molecule has 0 fully saturated rings. The van der Waals surface area contributed by atoms with E-state index in [0.29, 0.717) is 19.3 Å². The number of hydrogen-bond donors (Lipinski definition) is 0. The average Bonchev–Trinajstić information content (AvgIpc) is 3.49. The predicted molar refractivity (Wildman–Crippen MR) is 362 cm³/mol. The van der Waals surface area contributed by atoms with Crippen LogP contribution >= 0.6 is 0 Å². The molecule has 0 N–H and O–H groups in total. The molecule has 1 unspecified atom stereocenters. The Hall–Kier alpha value is -4.45. The van der Waals surface area contributed by atoms with Gasteiger partial charge in [-0.05, 0) is 135 Å². The van der Waals surface area contributed by atoms with E-state index in [0.717, 1.165) is 135 Å². The first-order chi connectivity index (χ1) is 41.0. The Balaban J connectivity index is 4.38. The predicted octanol–water partition coefficient (Wildman–Crippen LogP) is 24.1. The van der Waals surface area contributed by atoms with Gasteiger partial charge in [-0.3, -0.25) is 14.4 Å². The Kier molecular flexibility index (Phi) is 66.3. The number of ether oxygens (including phenoxy) is 3. The van der Waals surface area contributed by atoms with Gasteiger partial charge in [0.2, 0.25) is 0 Å². The number of hydrogen-bond acceptors (Lipinski definition) is 6. The topological polar surface area (TPSA) is 78.9 Å². The Bertz CT molecular complexity index is 1750. The molecule has 1 atom stereocenters.